The van der Waals surface area contributed by atoms with Crippen molar-refractivity contribution in [2.45, 2.75) is 13.8 Å². The number of rotatable bonds is 3. The normalized spacial score (nSPS) is 10.2. The third kappa shape index (κ3) is 3.36. The molecule has 0 radical (unpaired) electrons. The van der Waals surface area contributed by atoms with E-state index in [4.69, 9.17) is 0 Å². The average molecular weight is 286 g/mol. The molecule has 0 spiro atoms. The first-order valence-electron chi connectivity index (χ1n) is 6.24. The second kappa shape index (κ2) is 5.62. The summed E-state index contributed by atoms with van der Waals surface area (Å²) >= 11 is 0. The van der Waals surface area contributed by atoms with E-state index >= 15 is 0 Å². The molecule has 2 aromatic carbocycles. The van der Waals surface area contributed by atoms with E-state index in [0.717, 1.165) is 23.3 Å². The lowest BCUT2D eigenvalue weighted by Crippen LogP contribution is -2.14. The van der Waals surface area contributed by atoms with Crippen molar-refractivity contribution < 1.29 is 14.8 Å². The van der Waals surface area contributed by atoms with Gasteiger partial charge in [0.25, 0.3) is 11.6 Å². The smallest absolute Gasteiger partial charge is 0.282 e. The predicted molar refractivity (Wildman–Crippen MR) is 78.6 cm³/mol. The Balaban J connectivity index is 2.36. The van der Waals surface area contributed by atoms with Crippen LogP contribution in [0.1, 0.15) is 21.5 Å². The van der Waals surface area contributed by atoms with Gasteiger partial charge in [-0.25, -0.2) is 0 Å². The second-order valence-corrected chi connectivity index (χ2v) is 4.79. The van der Waals surface area contributed by atoms with Gasteiger partial charge in [-0.1, -0.05) is 6.07 Å². The van der Waals surface area contributed by atoms with E-state index in [-0.39, 0.29) is 17.0 Å². The number of nitro groups is 1. The Hall–Kier alpha value is -2.89. The Labute approximate surface area is 121 Å². The zero-order valence-corrected chi connectivity index (χ0v) is 11.6. The van der Waals surface area contributed by atoms with E-state index in [0.29, 0.717) is 5.69 Å². The van der Waals surface area contributed by atoms with Crippen molar-refractivity contribution in [2.75, 3.05) is 5.32 Å². The molecule has 0 aromatic heterocycles. The fourth-order valence-electron chi connectivity index (χ4n) is 2.11. The molecule has 0 unspecified atom stereocenters. The number of aryl methyl sites for hydroxylation is 2. The van der Waals surface area contributed by atoms with Crippen molar-refractivity contribution >= 4 is 17.3 Å². The van der Waals surface area contributed by atoms with Gasteiger partial charge in [-0.3, -0.25) is 14.9 Å². The van der Waals surface area contributed by atoms with E-state index in [2.05, 4.69) is 5.32 Å². The largest absolute Gasteiger partial charge is 0.508 e. The van der Waals surface area contributed by atoms with Gasteiger partial charge >= 0.3 is 0 Å². The third-order valence-electron chi connectivity index (χ3n) is 2.90. The van der Waals surface area contributed by atoms with Crippen LogP contribution < -0.4 is 5.32 Å². The molecule has 2 rings (SSSR count). The Kier molecular flexibility index (Phi) is 3.89. The van der Waals surface area contributed by atoms with E-state index in [1.54, 1.807) is 12.1 Å². The number of nitro benzene ring substituents is 1. The van der Waals surface area contributed by atoms with Crippen molar-refractivity contribution in [1.29, 1.82) is 0 Å². The number of nitrogens with zero attached hydrogens (tertiary/aromatic N) is 1. The third-order valence-corrected chi connectivity index (χ3v) is 2.90. The minimum atomic E-state index is -0.657. The maximum Gasteiger partial charge on any atom is 0.282 e. The lowest BCUT2D eigenvalue weighted by Gasteiger charge is -2.08. The number of benzene rings is 2. The van der Waals surface area contributed by atoms with Gasteiger partial charge in [0.15, 0.2) is 0 Å². The molecule has 0 atom stereocenters. The molecule has 0 aliphatic rings. The molecule has 21 heavy (non-hydrogen) atoms. The van der Waals surface area contributed by atoms with Crippen molar-refractivity contribution in [1.82, 2.24) is 0 Å². The molecule has 0 saturated heterocycles. The fourth-order valence-corrected chi connectivity index (χ4v) is 2.11. The second-order valence-electron chi connectivity index (χ2n) is 4.79. The van der Waals surface area contributed by atoms with Crippen LogP contribution in [0.5, 0.6) is 5.75 Å². The number of carbonyl (C=O) groups excluding carboxylic acids is 1. The van der Waals surface area contributed by atoms with Crippen molar-refractivity contribution in [3.63, 3.8) is 0 Å². The predicted octanol–water partition coefficient (Wildman–Crippen LogP) is 3.17. The minimum absolute atomic E-state index is 0.181. The van der Waals surface area contributed by atoms with Crippen LogP contribution in [0.15, 0.2) is 36.4 Å². The van der Waals surface area contributed by atoms with Gasteiger partial charge in [0, 0.05) is 11.8 Å². The molecule has 0 fully saturated rings. The van der Waals surface area contributed by atoms with Crippen LogP contribution in [-0.4, -0.2) is 15.9 Å². The summed E-state index contributed by atoms with van der Waals surface area (Å²) in [6.45, 7) is 3.78. The number of phenols is 1. The molecule has 0 bridgehead atoms. The first-order chi connectivity index (χ1) is 9.86. The SMILES string of the molecule is Cc1cc(C)cc(NC(=O)c2cc(O)ccc2[N+](=O)[O-])c1. The van der Waals surface area contributed by atoms with Crippen molar-refractivity contribution in [3.05, 3.63) is 63.2 Å². The maximum atomic E-state index is 12.2. The first kappa shape index (κ1) is 14.5. The van der Waals surface area contributed by atoms with Crippen LogP contribution in [0.25, 0.3) is 0 Å². The van der Waals surface area contributed by atoms with Crippen LogP contribution in [-0.2, 0) is 0 Å². The molecular formula is C15H14N2O4. The van der Waals surface area contributed by atoms with E-state index in [1.165, 1.54) is 6.07 Å². The van der Waals surface area contributed by atoms with Crippen LogP contribution in [0.3, 0.4) is 0 Å². The number of aromatic hydroxyl groups is 1. The highest BCUT2D eigenvalue weighted by atomic mass is 16.6. The highest BCUT2D eigenvalue weighted by Gasteiger charge is 2.20. The maximum absolute atomic E-state index is 12.2. The lowest BCUT2D eigenvalue weighted by molar-refractivity contribution is -0.385. The van der Waals surface area contributed by atoms with Crippen LogP contribution in [0.4, 0.5) is 11.4 Å². The van der Waals surface area contributed by atoms with Gasteiger partial charge in [-0.2, -0.15) is 0 Å². The molecule has 0 aliphatic carbocycles. The summed E-state index contributed by atoms with van der Waals surface area (Å²) in [5.74, 6) is -0.839. The van der Waals surface area contributed by atoms with Crippen LogP contribution in [0, 0.1) is 24.0 Å². The van der Waals surface area contributed by atoms with E-state index in [9.17, 15) is 20.0 Å². The Bertz CT molecular complexity index is 705. The van der Waals surface area contributed by atoms with Crippen molar-refractivity contribution in [3.8, 4) is 5.75 Å². The van der Waals surface area contributed by atoms with Gasteiger partial charge in [-0.05, 0) is 49.2 Å². The molecule has 0 saturated carbocycles. The fraction of sp³-hybridized carbons (Fsp3) is 0.133. The molecule has 108 valence electrons. The summed E-state index contributed by atoms with van der Waals surface area (Å²) in [7, 11) is 0. The number of nitrogens with one attached hydrogen (secondary N) is 1. The zero-order valence-electron chi connectivity index (χ0n) is 11.6. The highest BCUT2D eigenvalue weighted by Crippen LogP contribution is 2.24. The number of amides is 1. The van der Waals surface area contributed by atoms with Gasteiger partial charge in [-0.15, -0.1) is 0 Å². The van der Waals surface area contributed by atoms with Gasteiger partial charge < -0.3 is 10.4 Å². The number of anilines is 1. The summed E-state index contributed by atoms with van der Waals surface area (Å²) in [6.07, 6.45) is 0. The topological polar surface area (TPSA) is 92.5 Å². The molecule has 6 heteroatoms. The van der Waals surface area contributed by atoms with Crippen LogP contribution in [0.2, 0.25) is 0 Å². The minimum Gasteiger partial charge on any atom is -0.508 e. The molecule has 0 heterocycles. The number of hydrogen-bond acceptors (Lipinski definition) is 4. The average Bonchev–Trinajstić information content (AvgIpc) is 2.36. The van der Waals surface area contributed by atoms with E-state index in [1.807, 2.05) is 19.9 Å². The van der Waals surface area contributed by atoms with E-state index < -0.39 is 10.8 Å². The molecular weight excluding hydrogens is 272 g/mol. The standard InChI is InChI=1S/C15H14N2O4/c1-9-5-10(2)7-11(6-9)16-15(19)13-8-12(18)3-4-14(13)17(20)21/h3-8,18H,1-2H3,(H,16,19). The monoisotopic (exact) mass is 286 g/mol. The summed E-state index contributed by atoms with van der Waals surface area (Å²) in [5, 5.41) is 23.0. The quantitative estimate of drug-likeness (QED) is 0.669. The Morgan fingerprint density at radius 2 is 1.76 bits per heavy atom. The Morgan fingerprint density at radius 1 is 1.14 bits per heavy atom. The van der Waals surface area contributed by atoms with Gasteiger partial charge in [0.1, 0.15) is 11.3 Å². The van der Waals surface area contributed by atoms with Gasteiger partial charge in [0.2, 0.25) is 0 Å². The number of carbonyl (C=O) groups is 1. The lowest BCUT2D eigenvalue weighted by atomic mass is 10.1. The summed E-state index contributed by atoms with van der Waals surface area (Å²) in [5.41, 5.74) is 1.95. The number of hydrogen-bond donors (Lipinski definition) is 2. The zero-order chi connectivity index (χ0) is 15.6. The first-order valence-corrected chi connectivity index (χ1v) is 6.24. The summed E-state index contributed by atoms with van der Waals surface area (Å²) in [4.78, 5) is 22.5. The molecule has 1 amide bonds. The Morgan fingerprint density at radius 3 is 2.33 bits per heavy atom. The molecule has 0 aliphatic heterocycles. The number of phenolic OH excluding ortho intramolecular Hbond substituents is 1. The molecule has 6 nitrogen and oxygen atoms in total. The van der Waals surface area contributed by atoms with Crippen molar-refractivity contribution in [2.24, 2.45) is 0 Å². The molecule has 2 aromatic rings. The summed E-state index contributed by atoms with van der Waals surface area (Å²) < 4.78 is 0. The summed E-state index contributed by atoms with van der Waals surface area (Å²) in [6, 6.07) is 8.83. The van der Waals surface area contributed by atoms with Gasteiger partial charge in [0.05, 0.1) is 4.92 Å². The highest BCUT2D eigenvalue weighted by molar-refractivity contribution is 6.07. The van der Waals surface area contributed by atoms with Crippen LogP contribution >= 0.6 is 0 Å². The molecule has 2 N–H and O–H groups in total.